The summed E-state index contributed by atoms with van der Waals surface area (Å²) in [6, 6.07) is 3.46. The highest BCUT2D eigenvalue weighted by Crippen LogP contribution is 2.24. The van der Waals surface area contributed by atoms with Gasteiger partial charge in [0, 0.05) is 0 Å². The summed E-state index contributed by atoms with van der Waals surface area (Å²) in [7, 11) is -4.03. The highest BCUT2D eigenvalue weighted by atomic mass is 32.2. The molecule has 0 bridgehead atoms. The fourth-order valence-electron chi connectivity index (χ4n) is 1.27. The summed E-state index contributed by atoms with van der Waals surface area (Å²) in [4.78, 5) is 0.950. The lowest BCUT2D eigenvalue weighted by Gasteiger charge is -2.11. The van der Waals surface area contributed by atoms with E-state index in [1.165, 1.54) is 17.0 Å². The molecule has 0 atom stereocenters. The molecule has 0 aliphatic rings. The molecule has 1 aromatic carbocycles. The molecule has 0 heterocycles. The average Bonchev–Trinajstić information content (AvgIpc) is 2.17. The van der Waals surface area contributed by atoms with E-state index in [1.54, 1.807) is 13.8 Å². The van der Waals surface area contributed by atoms with Crippen LogP contribution in [0.25, 0.3) is 0 Å². The smallest absolute Gasteiger partial charge is 0.262 e. The Morgan fingerprint density at radius 1 is 1.40 bits per heavy atom. The first-order valence-corrected chi connectivity index (χ1v) is 5.82. The number of halogens is 1. The lowest BCUT2D eigenvalue weighted by atomic mass is 10.0. The third-order valence-corrected chi connectivity index (χ3v) is 3.18. The SMILES string of the molecule is CC(C)c1ccc(F)cc1S(=O)(=O)NO. The van der Waals surface area contributed by atoms with Crippen LogP contribution < -0.4 is 4.89 Å². The minimum absolute atomic E-state index is 0.0799. The highest BCUT2D eigenvalue weighted by molar-refractivity contribution is 7.89. The van der Waals surface area contributed by atoms with Gasteiger partial charge in [0.15, 0.2) is 0 Å². The van der Waals surface area contributed by atoms with Crippen molar-refractivity contribution >= 4 is 10.0 Å². The second-order valence-electron chi connectivity index (χ2n) is 3.43. The average molecular weight is 233 g/mol. The van der Waals surface area contributed by atoms with E-state index in [4.69, 9.17) is 5.21 Å². The molecule has 0 aliphatic heterocycles. The topological polar surface area (TPSA) is 66.4 Å². The molecular formula is C9H12FNO3S. The van der Waals surface area contributed by atoms with Crippen LogP contribution in [-0.2, 0) is 10.0 Å². The van der Waals surface area contributed by atoms with E-state index in [9.17, 15) is 12.8 Å². The Hall–Kier alpha value is -0.980. The quantitative estimate of drug-likeness (QED) is 0.779. The van der Waals surface area contributed by atoms with Gasteiger partial charge in [-0.15, -0.1) is 0 Å². The van der Waals surface area contributed by atoms with Gasteiger partial charge < -0.3 is 5.21 Å². The van der Waals surface area contributed by atoms with Crippen LogP contribution in [0.15, 0.2) is 23.1 Å². The number of hydrogen-bond donors (Lipinski definition) is 2. The van der Waals surface area contributed by atoms with Crippen LogP contribution in [0.4, 0.5) is 4.39 Å². The lowest BCUT2D eigenvalue weighted by Crippen LogP contribution is -2.21. The number of nitrogens with one attached hydrogen (secondary N) is 1. The Morgan fingerprint density at radius 3 is 2.47 bits per heavy atom. The molecule has 15 heavy (non-hydrogen) atoms. The maximum atomic E-state index is 12.9. The fourth-order valence-corrected chi connectivity index (χ4v) is 2.25. The second-order valence-corrected chi connectivity index (χ2v) is 5.06. The summed E-state index contributed by atoms with van der Waals surface area (Å²) >= 11 is 0. The van der Waals surface area contributed by atoms with Gasteiger partial charge in [0.25, 0.3) is 10.0 Å². The number of hydrogen-bond acceptors (Lipinski definition) is 3. The van der Waals surface area contributed by atoms with Gasteiger partial charge in [0.05, 0.1) is 4.90 Å². The Balaban J connectivity index is 3.44. The Bertz CT molecular complexity index is 456. The third kappa shape index (κ3) is 2.53. The molecule has 0 aliphatic carbocycles. The molecule has 1 rings (SSSR count). The zero-order chi connectivity index (χ0) is 11.6. The molecule has 0 unspecified atom stereocenters. The Labute approximate surface area is 87.8 Å². The fraction of sp³-hybridized carbons (Fsp3) is 0.333. The molecule has 84 valence electrons. The third-order valence-electron chi connectivity index (χ3n) is 2.01. The van der Waals surface area contributed by atoms with Gasteiger partial charge in [-0.2, -0.15) is 0 Å². The van der Waals surface area contributed by atoms with Gasteiger partial charge in [-0.3, -0.25) is 0 Å². The number of benzene rings is 1. The van der Waals surface area contributed by atoms with E-state index in [0.29, 0.717) is 5.56 Å². The first-order valence-electron chi connectivity index (χ1n) is 4.34. The van der Waals surface area contributed by atoms with Crippen molar-refractivity contribution in [2.24, 2.45) is 0 Å². The monoisotopic (exact) mass is 233 g/mol. The van der Waals surface area contributed by atoms with E-state index in [1.807, 2.05) is 0 Å². The van der Waals surface area contributed by atoms with E-state index < -0.39 is 15.8 Å². The minimum Gasteiger partial charge on any atom is -0.302 e. The van der Waals surface area contributed by atoms with E-state index in [2.05, 4.69) is 0 Å². The van der Waals surface area contributed by atoms with Crippen molar-refractivity contribution in [3.05, 3.63) is 29.6 Å². The Kier molecular flexibility index (Phi) is 3.43. The normalized spacial score (nSPS) is 12.1. The molecule has 0 aromatic heterocycles. The largest absolute Gasteiger partial charge is 0.302 e. The molecule has 2 N–H and O–H groups in total. The minimum atomic E-state index is -4.03. The van der Waals surface area contributed by atoms with Crippen molar-refractivity contribution in [1.82, 2.24) is 4.89 Å². The Morgan fingerprint density at radius 2 is 2.00 bits per heavy atom. The summed E-state index contributed by atoms with van der Waals surface area (Å²) in [6.45, 7) is 3.56. The van der Waals surface area contributed by atoms with E-state index >= 15 is 0 Å². The van der Waals surface area contributed by atoms with Crippen LogP contribution in [0.3, 0.4) is 0 Å². The summed E-state index contributed by atoms with van der Waals surface area (Å²) in [5.41, 5.74) is 0.456. The molecule has 4 nitrogen and oxygen atoms in total. The second kappa shape index (κ2) is 4.26. The summed E-state index contributed by atoms with van der Waals surface area (Å²) in [6.07, 6.45) is 0. The molecule has 0 spiro atoms. The van der Waals surface area contributed by atoms with Crippen molar-refractivity contribution in [3.63, 3.8) is 0 Å². The van der Waals surface area contributed by atoms with Crippen molar-refractivity contribution in [2.75, 3.05) is 0 Å². The standard InChI is InChI=1S/C9H12FNO3S/c1-6(2)8-4-3-7(10)5-9(8)15(13,14)11-12/h3-6,11-12H,1-2H3. The zero-order valence-electron chi connectivity index (χ0n) is 8.36. The summed E-state index contributed by atoms with van der Waals surface area (Å²) in [5.74, 6) is -0.739. The first-order chi connectivity index (χ1) is 6.88. The number of rotatable bonds is 3. The van der Waals surface area contributed by atoms with Gasteiger partial charge in [0.2, 0.25) is 0 Å². The molecular weight excluding hydrogens is 221 g/mol. The van der Waals surface area contributed by atoms with Gasteiger partial charge >= 0.3 is 0 Å². The van der Waals surface area contributed by atoms with Crippen LogP contribution in [0.5, 0.6) is 0 Å². The maximum Gasteiger partial charge on any atom is 0.262 e. The van der Waals surface area contributed by atoms with Crippen molar-refractivity contribution in [3.8, 4) is 0 Å². The predicted molar refractivity (Wildman–Crippen MR) is 52.6 cm³/mol. The molecule has 0 amide bonds. The van der Waals surface area contributed by atoms with Gasteiger partial charge in [-0.25, -0.2) is 12.8 Å². The van der Waals surface area contributed by atoms with Crippen LogP contribution in [0, 0.1) is 5.82 Å². The van der Waals surface area contributed by atoms with Crippen LogP contribution in [-0.4, -0.2) is 13.6 Å². The molecule has 0 saturated heterocycles. The summed E-state index contributed by atoms with van der Waals surface area (Å²) < 4.78 is 35.6. The molecule has 0 radical (unpaired) electrons. The van der Waals surface area contributed by atoms with Crippen molar-refractivity contribution in [2.45, 2.75) is 24.7 Å². The predicted octanol–water partition coefficient (Wildman–Crippen LogP) is 1.62. The number of sulfonamides is 1. The first kappa shape index (κ1) is 12.1. The van der Waals surface area contributed by atoms with E-state index in [0.717, 1.165) is 6.07 Å². The van der Waals surface area contributed by atoms with Gasteiger partial charge in [-0.05, 0) is 23.6 Å². The van der Waals surface area contributed by atoms with Crippen LogP contribution in [0.1, 0.15) is 25.3 Å². The molecule has 0 saturated carbocycles. The summed E-state index contributed by atoms with van der Waals surface area (Å²) in [5, 5.41) is 8.48. The van der Waals surface area contributed by atoms with Crippen molar-refractivity contribution < 1.29 is 18.0 Å². The van der Waals surface area contributed by atoms with E-state index in [-0.39, 0.29) is 10.8 Å². The van der Waals surface area contributed by atoms with Crippen molar-refractivity contribution in [1.29, 1.82) is 0 Å². The molecule has 1 aromatic rings. The molecule has 0 fully saturated rings. The van der Waals surface area contributed by atoms with Crippen LogP contribution in [0.2, 0.25) is 0 Å². The maximum absolute atomic E-state index is 12.9. The van der Waals surface area contributed by atoms with Crippen LogP contribution >= 0.6 is 0 Å². The van der Waals surface area contributed by atoms with Gasteiger partial charge in [-0.1, -0.05) is 24.8 Å². The highest BCUT2D eigenvalue weighted by Gasteiger charge is 2.19. The molecule has 6 heteroatoms. The lowest BCUT2D eigenvalue weighted by molar-refractivity contribution is 0.242. The zero-order valence-corrected chi connectivity index (χ0v) is 9.18. The van der Waals surface area contributed by atoms with Gasteiger partial charge in [0.1, 0.15) is 5.82 Å².